The second-order valence-electron chi connectivity index (χ2n) is 5.25. The van der Waals surface area contributed by atoms with Crippen LogP contribution in [0.2, 0.25) is 0 Å². The molecule has 112 valence electrons. The molecule has 7 heteroatoms. The highest BCUT2D eigenvalue weighted by Crippen LogP contribution is 2.40. The molecule has 20 heavy (non-hydrogen) atoms. The molecule has 0 saturated heterocycles. The largest absolute Gasteiger partial charge is 0.384 e. The van der Waals surface area contributed by atoms with E-state index in [2.05, 4.69) is 10.3 Å². The molecule has 2 N–H and O–H groups in total. The highest BCUT2D eigenvalue weighted by Gasteiger charge is 2.52. The Labute approximate surface area is 120 Å². The number of hydrogen-bond donors (Lipinski definition) is 2. The molecule has 2 rings (SSSR count). The van der Waals surface area contributed by atoms with E-state index < -0.39 is 24.0 Å². The van der Waals surface area contributed by atoms with Crippen LogP contribution in [0.5, 0.6) is 0 Å². The topological polar surface area (TPSA) is 62.2 Å². The van der Waals surface area contributed by atoms with Gasteiger partial charge in [0.2, 0.25) is 0 Å². The number of thiazole rings is 1. The first-order valence-corrected chi connectivity index (χ1v) is 7.52. The lowest BCUT2D eigenvalue weighted by Gasteiger charge is -2.38. The minimum Gasteiger partial charge on any atom is -0.384 e. The van der Waals surface area contributed by atoms with Crippen LogP contribution < -0.4 is 5.32 Å². The molecule has 1 aromatic rings. The van der Waals surface area contributed by atoms with Crippen molar-refractivity contribution in [3.63, 3.8) is 0 Å². The Hall–Kier alpha value is -1.08. The number of hydrogen-bond acceptors (Lipinski definition) is 4. The van der Waals surface area contributed by atoms with Crippen molar-refractivity contribution in [3.8, 4) is 0 Å². The van der Waals surface area contributed by atoms with Crippen LogP contribution in [0.4, 0.5) is 8.78 Å². The highest BCUT2D eigenvalue weighted by molar-refractivity contribution is 7.11. The number of aryl methyl sites for hydroxylation is 1. The number of carbonyl (C=O) groups excluding carboxylic acids is 1. The predicted octanol–water partition coefficient (Wildman–Crippen LogP) is 2.51. The zero-order valence-electron chi connectivity index (χ0n) is 11.3. The molecule has 4 nitrogen and oxygen atoms in total. The van der Waals surface area contributed by atoms with E-state index in [1.54, 1.807) is 6.92 Å². The lowest BCUT2D eigenvalue weighted by Crippen LogP contribution is -2.55. The van der Waals surface area contributed by atoms with Crippen LogP contribution in [0.3, 0.4) is 0 Å². The monoisotopic (exact) mass is 304 g/mol. The summed E-state index contributed by atoms with van der Waals surface area (Å²) in [5, 5.41) is 12.3. The first-order chi connectivity index (χ1) is 9.36. The quantitative estimate of drug-likeness (QED) is 0.898. The number of aliphatic hydroxyl groups is 1. The Morgan fingerprint density at radius 1 is 1.50 bits per heavy atom. The molecule has 1 heterocycles. The Morgan fingerprint density at radius 2 is 2.15 bits per heavy atom. The van der Waals surface area contributed by atoms with E-state index in [1.807, 2.05) is 0 Å². The summed E-state index contributed by atoms with van der Waals surface area (Å²) in [7, 11) is 0. The Balaban J connectivity index is 1.98. The lowest BCUT2D eigenvalue weighted by atomic mass is 9.80. The van der Waals surface area contributed by atoms with Gasteiger partial charge in [-0.1, -0.05) is 19.3 Å². The van der Waals surface area contributed by atoms with Crippen LogP contribution in [0.25, 0.3) is 0 Å². The molecule has 1 aliphatic rings. The molecular formula is C13H18F2N2O2S. The zero-order valence-corrected chi connectivity index (χ0v) is 12.1. The minimum atomic E-state index is -3.32. The molecule has 0 aliphatic heterocycles. The van der Waals surface area contributed by atoms with Gasteiger partial charge >= 0.3 is 0 Å². The number of halogens is 2. The summed E-state index contributed by atoms with van der Waals surface area (Å²) >= 11 is 1.11. The fourth-order valence-electron chi connectivity index (χ4n) is 2.46. The van der Waals surface area contributed by atoms with Crippen molar-refractivity contribution in [2.45, 2.75) is 50.6 Å². The number of nitrogens with one attached hydrogen (secondary N) is 1. The first kappa shape index (κ1) is 15.3. The van der Waals surface area contributed by atoms with E-state index in [4.69, 9.17) is 0 Å². The second kappa shape index (κ2) is 5.73. The fraction of sp³-hybridized carbons (Fsp3) is 0.692. The van der Waals surface area contributed by atoms with Crippen molar-refractivity contribution >= 4 is 17.2 Å². The van der Waals surface area contributed by atoms with Crippen molar-refractivity contribution < 1.29 is 18.7 Å². The number of alkyl halides is 2. The summed E-state index contributed by atoms with van der Waals surface area (Å²) in [4.78, 5) is 16.0. The van der Waals surface area contributed by atoms with Gasteiger partial charge in [-0.15, -0.1) is 11.3 Å². The van der Waals surface area contributed by atoms with Gasteiger partial charge in [-0.3, -0.25) is 4.79 Å². The Bertz CT molecular complexity index is 484. The summed E-state index contributed by atoms with van der Waals surface area (Å²) in [6, 6.07) is 0. The van der Waals surface area contributed by atoms with E-state index in [-0.39, 0.29) is 12.8 Å². The first-order valence-electron chi connectivity index (χ1n) is 6.64. The summed E-state index contributed by atoms with van der Waals surface area (Å²) in [6.07, 6.45) is 2.21. The molecule has 1 aromatic heterocycles. The summed E-state index contributed by atoms with van der Waals surface area (Å²) < 4.78 is 28.2. The van der Waals surface area contributed by atoms with E-state index in [0.29, 0.717) is 23.4 Å². The molecule has 0 unspecified atom stereocenters. The maximum atomic E-state index is 14.1. The van der Waals surface area contributed by atoms with Crippen LogP contribution in [0.1, 0.15) is 47.5 Å². The van der Waals surface area contributed by atoms with E-state index in [9.17, 15) is 18.7 Å². The summed E-state index contributed by atoms with van der Waals surface area (Å²) in [5.41, 5.74) is 0.0189. The van der Waals surface area contributed by atoms with Gasteiger partial charge in [-0.25, -0.2) is 13.8 Å². The van der Waals surface area contributed by atoms with Gasteiger partial charge in [-0.2, -0.15) is 0 Å². The van der Waals surface area contributed by atoms with Crippen molar-refractivity contribution in [3.05, 3.63) is 16.1 Å². The van der Waals surface area contributed by atoms with E-state index in [1.165, 1.54) is 5.51 Å². The van der Waals surface area contributed by atoms with Crippen LogP contribution >= 0.6 is 11.3 Å². The van der Waals surface area contributed by atoms with Gasteiger partial charge in [-0.05, 0) is 19.8 Å². The molecular weight excluding hydrogens is 286 g/mol. The Kier molecular flexibility index (Phi) is 4.39. The van der Waals surface area contributed by atoms with Gasteiger partial charge < -0.3 is 10.4 Å². The van der Waals surface area contributed by atoms with E-state index >= 15 is 0 Å². The van der Waals surface area contributed by atoms with Gasteiger partial charge in [0.1, 0.15) is 10.5 Å². The number of aromatic nitrogens is 1. The molecule has 0 aromatic carbocycles. The third-order valence-corrected chi connectivity index (χ3v) is 4.71. The van der Waals surface area contributed by atoms with Crippen LogP contribution in [-0.4, -0.2) is 34.1 Å². The molecule has 0 spiro atoms. The smallest absolute Gasteiger partial charge is 0.293 e. The Morgan fingerprint density at radius 3 is 2.70 bits per heavy atom. The maximum absolute atomic E-state index is 14.1. The van der Waals surface area contributed by atoms with Gasteiger partial charge in [0.05, 0.1) is 17.7 Å². The third kappa shape index (κ3) is 2.98. The van der Waals surface area contributed by atoms with Gasteiger partial charge in [0, 0.05) is 0 Å². The van der Waals surface area contributed by atoms with Crippen LogP contribution in [0.15, 0.2) is 5.51 Å². The average Bonchev–Trinajstić information content (AvgIpc) is 2.83. The molecule has 1 fully saturated rings. The molecule has 1 amide bonds. The van der Waals surface area contributed by atoms with Crippen molar-refractivity contribution in [1.82, 2.24) is 10.3 Å². The predicted molar refractivity (Wildman–Crippen MR) is 72.2 cm³/mol. The second-order valence-corrected chi connectivity index (χ2v) is 6.10. The zero-order chi connectivity index (χ0) is 14.8. The SMILES string of the molecule is Cc1ncsc1C(=O)NCC(F)(F)C1(O)CCCCC1. The molecule has 1 aliphatic carbocycles. The van der Waals surface area contributed by atoms with Gasteiger partial charge in [0.25, 0.3) is 11.8 Å². The summed E-state index contributed by atoms with van der Waals surface area (Å²) in [6.45, 7) is 0.803. The number of amides is 1. The highest BCUT2D eigenvalue weighted by atomic mass is 32.1. The molecule has 0 bridgehead atoms. The number of nitrogens with zero attached hydrogens (tertiary/aromatic N) is 1. The number of rotatable bonds is 4. The normalized spacial score (nSPS) is 18.8. The average molecular weight is 304 g/mol. The van der Waals surface area contributed by atoms with Crippen LogP contribution in [-0.2, 0) is 0 Å². The summed E-state index contributed by atoms with van der Waals surface area (Å²) in [5.74, 6) is -3.88. The van der Waals surface area contributed by atoms with E-state index in [0.717, 1.165) is 17.8 Å². The van der Waals surface area contributed by atoms with Crippen molar-refractivity contribution in [2.24, 2.45) is 0 Å². The standard InChI is InChI=1S/C13H18F2N2O2S/c1-9-10(20-8-17-9)11(18)16-7-13(14,15)12(19)5-3-2-4-6-12/h8,19H,2-7H2,1H3,(H,16,18). The maximum Gasteiger partial charge on any atom is 0.293 e. The molecule has 1 saturated carbocycles. The molecule has 0 atom stereocenters. The third-order valence-electron chi connectivity index (χ3n) is 3.78. The number of carbonyl (C=O) groups is 1. The lowest BCUT2D eigenvalue weighted by molar-refractivity contribution is -0.191. The molecule has 0 radical (unpaired) electrons. The van der Waals surface area contributed by atoms with Crippen LogP contribution in [0, 0.1) is 6.92 Å². The minimum absolute atomic E-state index is 0.0788. The van der Waals surface area contributed by atoms with Crippen molar-refractivity contribution in [2.75, 3.05) is 6.54 Å². The fourth-order valence-corrected chi connectivity index (χ4v) is 3.18. The van der Waals surface area contributed by atoms with Crippen molar-refractivity contribution in [1.29, 1.82) is 0 Å². The van der Waals surface area contributed by atoms with Gasteiger partial charge in [0.15, 0.2) is 0 Å².